The van der Waals surface area contributed by atoms with Gasteiger partial charge in [0.25, 0.3) is 0 Å². The first-order chi connectivity index (χ1) is 8.19. The van der Waals surface area contributed by atoms with Crippen molar-refractivity contribution in [1.82, 2.24) is 15.2 Å². The zero-order valence-corrected chi connectivity index (χ0v) is 10.4. The molecule has 0 saturated heterocycles. The summed E-state index contributed by atoms with van der Waals surface area (Å²) in [5.41, 5.74) is 6.63. The van der Waals surface area contributed by atoms with Crippen molar-refractivity contribution in [2.24, 2.45) is 5.73 Å². The highest BCUT2D eigenvalue weighted by Crippen LogP contribution is 2.14. The number of likely N-dealkylation sites (N-methyl/N-ethyl adjacent to an activating group) is 2. The van der Waals surface area contributed by atoms with Gasteiger partial charge in [0.05, 0.1) is 18.3 Å². The number of nitrogens with zero attached hydrogens (tertiary/aromatic N) is 2. The van der Waals surface area contributed by atoms with Crippen LogP contribution in [0.25, 0.3) is 0 Å². The number of nitrogens with one attached hydrogen (secondary N) is 1. The maximum Gasteiger partial charge on any atom is 0.234 e. The number of carbonyl (C=O) groups excluding carboxylic acids is 1. The van der Waals surface area contributed by atoms with Crippen LogP contribution in [0.2, 0.25) is 0 Å². The van der Waals surface area contributed by atoms with Crippen molar-refractivity contribution >= 4 is 5.91 Å². The zero-order valence-electron chi connectivity index (χ0n) is 10.4. The van der Waals surface area contributed by atoms with E-state index in [4.69, 9.17) is 5.73 Å². The van der Waals surface area contributed by atoms with E-state index in [0.29, 0.717) is 19.6 Å². The molecule has 0 saturated carbocycles. The van der Waals surface area contributed by atoms with Gasteiger partial charge in [-0.25, -0.2) is 0 Å². The normalized spacial score (nSPS) is 12.5. The quantitative estimate of drug-likeness (QED) is 0.737. The molecule has 0 radical (unpaired) electrons. The van der Waals surface area contributed by atoms with Crippen molar-refractivity contribution in [3.8, 4) is 0 Å². The molecule has 1 atom stereocenters. The summed E-state index contributed by atoms with van der Waals surface area (Å²) in [6.07, 6.45) is 1.73. The third-order valence-electron chi connectivity index (χ3n) is 2.55. The minimum Gasteiger partial charge on any atom is -0.355 e. The molecule has 17 heavy (non-hydrogen) atoms. The van der Waals surface area contributed by atoms with E-state index in [0.717, 1.165) is 5.69 Å². The molecule has 1 rings (SSSR count). The number of rotatable bonds is 6. The zero-order chi connectivity index (χ0) is 12.7. The topological polar surface area (TPSA) is 71.2 Å². The number of hydrogen-bond donors (Lipinski definition) is 2. The third kappa shape index (κ3) is 4.13. The molecule has 0 aliphatic carbocycles. The lowest BCUT2D eigenvalue weighted by Gasteiger charge is -2.25. The molecule has 1 unspecified atom stereocenters. The van der Waals surface area contributed by atoms with Gasteiger partial charge in [0.15, 0.2) is 0 Å². The largest absolute Gasteiger partial charge is 0.355 e. The number of aromatic nitrogens is 1. The van der Waals surface area contributed by atoms with E-state index in [1.54, 1.807) is 6.20 Å². The van der Waals surface area contributed by atoms with Crippen molar-refractivity contribution in [2.45, 2.75) is 13.0 Å². The number of hydrogen-bond acceptors (Lipinski definition) is 4. The number of amides is 1. The Hall–Kier alpha value is -1.46. The van der Waals surface area contributed by atoms with Gasteiger partial charge in [0.2, 0.25) is 5.91 Å². The summed E-state index contributed by atoms with van der Waals surface area (Å²) in [6.45, 7) is 3.31. The second-order valence-electron chi connectivity index (χ2n) is 3.87. The van der Waals surface area contributed by atoms with Gasteiger partial charge in [0.1, 0.15) is 0 Å². The Labute approximate surface area is 102 Å². The maximum absolute atomic E-state index is 11.5. The van der Waals surface area contributed by atoms with Crippen LogP contribution in [-0.2, 0) is 4.79 Å². The number of nitrogens with two attached hydrogens (primary N) is 1. The summed E-state index contributed by atoms with van der Waals surface area (Å²) < 4.78 is 0. The van der Waals surface area contributed by atoms with Gasteiger partial charge in [-0.2, -0.15) is 0 Å². The van der Waals surface area contributed by atoms with Crippen LogP contribution in [0.1, 0.15) is 18.7 Å². The summed E-state index contributed by atoms with van der Waals surface area (Å²) in [5, 5.41) is 2.77. The van der Waals surface area contributed by atoms with Gasteiger partial charge in [-0.1, -0.05) is 6.07 Å². The molecule has 3 N–H and O–H groups in total. The molecule has 5 heteroatoms. The van der Waals surface area contributed by atoms with E-state index in [1.807, 2.05) is 37.1 Å². The molecule has 1 aromatic rings. The van der Waals surface area contributed by atoms with Crippen molar-refractivity contribution in [2.75, 3.05) is 26.7 Å². The van der Waals surface area contributed by atoms with Gasteiger partial charge in [0, 0.05) is 19.3 Å². The predicted octanol–water partition coefficient (Wildman–Crippen LogP) is 0.149. The van der Waals surface area contributed by atoms with Crippen LogP contribution >= 0.6 is 0 Å². The molecule has 94 valence electrons. The van der Waals surface area contributed by atoms with Crippen LogP contribution in [0.5, 0.6) is 0 Å². The first-order valence-corrected chi connectivity index (χ1v) is 5.77. The monoisotopic (exact) mass is 236 g/mol. The number of pyridine rings is 1. The smallest absolute Gasteiger partial charge is 0.234 e. The van der Waals surface area contributed by atoms with E-state index < -0.39 is 0 Å². The highest BCUT2D eigenvalue weighted by molar-refractivity contribution is 5.77. The Morgan fingerprint density at radius 3 is 2.88 bits per heavy atom. The lowest BCUT2D eigenvalue weighted by atomic mass is 10.1. The first kappa shape index (κ1) is 13.6. The fraction of sp³-hybridized carbons (Fsp3) is 0.500. The second kappa shape index (κ2) is 6.98. The van der Waals surface area contributed by atoms with Crippen LogP contribution in [0.4, 0.5) is 0 Å². The summed E-state index contributed by atoms with van der Waals surface area (Å²) >= 11 is 0. The third-order valence-corrected chi connectivity index (χ3v) is 2.55. The van der Waals surface area contributed by atoms with Crippen LogP contribution < -0.4 is 11.1 Å². The molecule has 5 nitrogen and oxygen atoms in total. The average Bonchev–Trinajstić information content (AvgIpc) is 2.31. The van der Waals surface area contributed by atoms with Crippen LogP contribution in [-0.4, -0.2) is 42.5 Å². The Balaban J connectivity index is 2.65. The molecule has 0 fully saturated rings. The van der Waals surface area contributed by atoms with Crippen molar-refractivity contribution < 1.29 is 4.79 Å². The van der Waals surface area contributed by atoms with E-state index in [2.05, 4.69) is 10.3 Å². The van der Waals surface area contributed by atoms with E-state index in [1.165, 1.54) is 0 Å². The highest BCUT2D eigenvalue weighted by Gasteiger charge is 2.18. The summed E-state index contributed by atoms with van der Waals surface area (Å²) in [4.78, 5) is 17.7. The summed E-state index contributed by atoms with van der Waals surface area (Å²) in [7, 11) is 1.88. The molecule has 1 amide bonds. The lowest BCUT2D eigenvalue weighted by molar-refractivity contribution is -0.122. The number of carbonyl (C=O) groups is 1. The molecule has 0 aliphatic rings. The van der Waals surface area contributed by atoms with E-state index >= 15 is 0 Å². The predicted molar refractivity (Wildman–Crippen MR) is 67.3 cm³/mol. The van der Waals surface area contributed by atoms with Gasteiger partial charge in [-0.05, 0) is 26.1 Å². The van der Waals surface area contributed by atoms with Crippen molar-refractivity contribution in [1.29, 1.82) is 0 Å². The van der Waals surface area contributed by atoms with Gasteiger partial charge < -0.3 is 11.1 Å². The molecular weight excluding hydrogens is 216 g/mol. The van der Waals surface area contributed by atoms with E-state index in [9.17, 15) is 4.79 Å². The SMILES string of the molecule is CCNC(=O)CN(C)C(CN)c1ccccn1. The lowest BCUT2D eigenvalue weighted by Crippen LogP contribution is -2.39. The van der Waals surface area contributed by atoms with E-state index in [-0.39, 0.29) is 11.9 Å². The van der Waals surface area contributed by atoms with Crippen molar-refractivity contribution in [3.63, 3.8) is 0 Å². The first-order valence-electron chi connectivity index (χ1n) is 5.77. The molecule has 0 spiro atoms. The Bertz CT molecular complexity index is 342. The van der Waals surface area contributed by atoms with Crippen molar-refractivity contribution in [3.05, 3.63) is 30.1 Å². The summed E-state index contributed by atoms with van der Waals surface area (Å²) in [6, 6.07) is 5.68. The van der Waals surface area contributed by atoms with Gasteiger partial charge in [-0.3, -0.25) is 14.7 Å². The highest BCUT2D eigenvalue weighted by atomic mass is 16.2. The molecule has 1 aromatic heterocycles. The summed E-state index contributed by atoms with van der Waals surface area (Å²) in [5.74, 6) is 0.00406. The molecule has 1 heterocycles. The van der Waals surface area contributed by atoms with Crippen LogP contribution in [0.15, 0.2) is 24.4 Å². The second-order valence-corrected chi connectivity index (χ2v) is 3.87. The van der Waals surface area contributed by atoms with Crippen LogP contribution in [0.3, 0.4) is 0 Å². The minimum atomic E-state index is -0.0289. The fourth-order valence-corrected chi connectivity index (χ4v) is 1.69. The fourth-order valence-electron chi connectivity index (χ4n) is 1.69. The Morgan fingerprint density at radius 2 is 2.35 bits per heavy atom. The average molecular weight is 236 g/mol. The Morgan fingerprint density at radius 1 is 1.59 bits per heavy atom. The molecule has 0 aromatic carbocycles. The Kier molecular flexibility index (Phi) is 5.59. The van der Waals surface area contributed by atoms with Gasteiger partial charge in [-0.15, -0.1) is 0 Å². The molecular formula is C12H20N4O. The maximum atomic E-state index is 11.5. The standard InChI is InChI=1S/C12H20N4O/c1-3-14-12(17)9-16(2)11(8-13)10-6-4-5-7-15-10/h4-7,11H,3,8-9,13H2,1-2H3,(H,14,17). The van der Waals surface area contributed by atoms with Gasteiger partial charge >= 0.3 is 0 Å². The van der Waals surface area contributed by atoms with Crippen LogP contribution in [0, 0.1) is 0 Å². The molecule has 0 bridgehead atoms. The minimum absolute atomic E-state index is 0.00406. The molecule has 0 aliphatic heterocycles.